The van der Waals surface area contributed by atoms with Crippen LogP contribution in [-0.2, 0) is 20.9 Å². The first-order valence-corrected chi connectivity index (χ1v) is 16.4. The largest absolute Gasteiger partial charge is 0.497 e. The van der Waals surface area contributed by atoms with E-state index >= 15 is 0 Å². The number of carbonyl (C=O) groups is 1. The molecule has 49 heavy (non-hydrogen) atoms. The van der Waals surface area contributed by atoms with Gasteiger partial charge in [0.2, 0.25) is 21.9 Å². The van der Waals surface area contributed by atoms with E-state index in [1.54, 1.807) is 18.2 Å². The normalized spacial score (nSPS) is 13.9. The van der Waals surface area contributed by atoms with Gasteiger partial charge in [0.05, 0.1) is 40.3 Å². The van der Waals surface area contributed by atoms with E-state index in [2.05, 4.69) is 35.0 Å². The fourth-order valence-corrected chi connectivity index (χ4v) is 5.89. The maximum atomic E-state index is 13.5. The van der Waals surface area contributed by atoms with Crippen LogP contribution in [0.3, 0.4) is 0 Å². The molecule has 0 aliphatic carbocycles. The van der Waals surface area contributed by atoms with Crippen LogP contribution >= 0.6 is 0 Å². The molecule has 4 heterocycles. The minimum Gasteiger partial charge on any atom is -0.497 e. The minimum atomic E-state index is -4.74. The number of carbonyl (C=O) groups excluding carboxylic acids is 1. The smallest absolute Gasteiger partial charge is 0.435 e. The molecule has 1 aliphatic rings. The molecule has 1 aliphatic heterocycles. The molecule has 1 fully saturated rings. The molecule has 0 atom stereocenters. The van der Waals surface area contributed by atoms with E-state index in [0.29, 0.717) is 50.0 Å². The number of nitrogens with zero attached hydrogens (tertiary/aromatic N) is 6. The summed E-state index contributed by atoms with van der Waals surface area (Å²) < 4.78 is 90.2. The Morgan fingerprint density at radius 1 is 1.00 bits per heavy atom. The summed E-state index contributed by atoms with van der Waals surface area (Å²) in [6, 6.07) is 6.96. The molecule has 1 amide bonds. The molecule has 2 N–H and O–H groups in total. The van der Waals surface area contributed by atoms with Crippen molar-refractivity contribution >= 4 is 27.6 Å². The third kappa shape index (κ3) is 8.92. The number of amides is 1. The highest BCUT2D eigenvalue weighted by Crippen LogP contribution is 2.33. The van der Waals surface area contributed by atoms with Crippen molar-refractivity contribution < 1.29 is 45.3 Å². The predicted octanol–water partition coefficient (Wildman–Crippen LogP) is 3.29. The lowest BCUT2D eigenvalue weighted by Crippen LogP contribution is -2.38. The van der Waals surface area contributed by atoms with Crippen molar-refractivity contribution in [2.75, 3.05) is 65.2 Å². The van der Waals surface area contributed by atoms with E-state index in [9.17, 15) is 26.4 Å². The number of ether oxygens (including phenoxy) is 4. The fraction of sp³-hybridized carbons (Fsp3) is 0.367. The summed E-state index contributed by atoms with van der Waals surface area (Å²) in [5.41, 5.74) is -0.698. The first-order chi connectivity index (χ1) is 23.4. The van der Waals surface area contributed by atoms with Gasteiger partial charge in [-0.2, -0.15) is 23.3 Å². The number of benzene rings is 1. The molecule has 0 bridgehead atoms. The van der Waals surface area contributed by atoms with E-state index in [0.717, 1.165) is 16.9 Å². The topological polar surface area (TPSA) is 172 Å². The number of hydrogen-bond acceptors (Lipinski definition) is 13. The number of alkyl halides is 3. The van der Waals surface area contributed by atoms with Gasteiger partial charge in [0.15, 0.2) is 11.5 Å². The van der Waals surface area contributed by atoms with Crippen LogP contribution in [0.15, 0.2) is 48.9 Å². The Bertz CT molecular complexity index is 1880. The fourth-order valence-electron chi connectivity index (χ4n) is 4.89. The van der Waals surface area contributed by atoms with Crippen molar-refractivity contribution in [3.8, 4) is 34.3 Å². The summed E-state index contributed by atoms with van der Waals surface area (Å²) in [5, 5.41) is 6.63. The van der Waals surface area contributed by atoms with Gasteiger partial charge >= 0.3 is 6.18 Å². The lowest BCUT2D eigenvalue weighted by atomic mass is 10.1. The monoisotopic (exact) mass is 706 g/mol. The van der Waals surface area contributed by atoms with Crippen LogP contribution in [0.4, 0.5) is 24.8 Å². The number of methoxy groups -OCH3 is 3. The van der Waals surface area contributed by atoms with Crippen LogP contribution in [0.5, 0.6) is 17.4 Å². The highest BCUT2D eigenvalue weighted by atomic mass is 32.2. The highest BCUT2D eigenvalue weighted by molar-refractivity contribution is 7.90. The van der Waals surface area contributed by atoms with Crippen LogP contribution in [0, 0.1) is 0 Å². The highest BCUT2D eigenvalue weighted by Gasteiger charge is 2.34. The van der Waals surface area contributed by atoms with Crippen molar-refractivity contribution in [2.24, 2.45) is 0 Å². The molecule has 0 unspecified atom stereocenters. The van der Waals surface area contributed by atoms with Crippen LogP contribution < -0.4 is 24.2 Å². The molecule has 3 aromatic heterocycles. The van der Waals surface area contributed by atoms with Crippen LogP contribution in [0.1, 0.15) is 22.5 Å². The molecular formula is C30H33F3N8O7S. The number of rotatable bonds is 13. The maximum Gasteiger partial charge on any atom is 0.435 e. The number of pyridine rings is 1. The average Bonchev–Trinajstić information content (AvgIpc) is 3.59. The van der Waals surface area contributed by atoms with E-state index in [-0.39, 0.29) is 46.5 Å². The Balaban J connectivity index is 1.47. The molecular weight excluding hydrogens is 673 g/mol. The zero-order chi connectivity index (χ0) is 35.2. The number of aromatic nitrogens is 5. The summed E-state index contributed by atoms with van der Waals surface area (Å²) >= 11 is 0. The van der Waals surface area contributed by atoms with Gasteiger partial charge in [0.25, 0.3) is 5.91 Å². The van der Waals surface area contributed by atoms with Crippen molar-refractivity contribution in [1.82, 2.24) is 34.4 Å². The number of morpholine rings is 1. The quantitative estimate of drug-likeness (QED) is 0.208. The number of anilines is 2. The Hall–Kier alpha value is -5.01. The van der Waals surface area contributed by atoms with Gasteiger partial charge in [-0.05, 0) is 25.1 Å². The van der Waals surface area contributed by atoms with Crippen molar-refractivity contribution in [2.45, 2.75) is 12.6 Å². The molecule has 19 heteroatoms. The lowest BCUT2D eigenvalue weighted by molar-refractivity contribution is -0.141. The van der Waals surface area contributed by atoms with Crippen molar-refractivity contribution in [1.29, 1.82) is 0 Å². The molecule has 1 saturated heterocycles. The van der Waals surface area contributed by atoms with E-state index in [4.69, 9.17) is 18.9 Å². The number of sulfonamides is 1. The number of nitrogens with one attached hydrogen (secondary N) is 2. The lowest BCUT2D eigenvalue weighted by Gasteiger charge is -2.26. The Kier molecular flexibility index (Phi) is 10.8. The van der Waals surface area contributed by atoms with Crippen molar-refractivity contribution in [3.05, 3.63) is 60.2 Å². The number of halogens is 3. The molecule has 1 aromatic carbocycles. The summed E-state index contributed by atoms with van der Waals surface area (Å²) in [7, 11) is 0.138. The molecule has 0 saturated carbocycles. The van der Waals surface area contributed by atoms with Gasteiger partial charge < -0.3 is 24.3 Å². The second kappa shape index (κ2) is 15.0. The zero-order valence-electron chi connectivity index (χ0n) is 26.7. The van der Waals surface area contributed by atoms with Gasteiger partial charge in [-0.15, -0.1) is 0 Å². The Labute approximate surface area is 279 Å². The Morgan fingerprint density at radius 3 is 2.35 bits per heavy atom. The standard InChI is InChI=1S/C30H33F3N8O7S/c1-45-21-14-20(15-22(16-21)46-2)36-29-35-18-24(26(37-29)41-7-5-25(38-41)30(31,32)33)19-13-23(28(47-3)34-17-19)27(42)39-49(43,44)12-4-6-40-8-10-48-11-9-40/h5,7,13-18H,4,6,8-12H2,1-3H3,(H,39,42)(H,35,36,37). The molecule has 15 nitrogen and oxygen atoms in total. The predicted molar refractivity (Wildman–Crippen MR) is 170 cm³/mol. The third-order valence-corrected chi connectivity index (χ3v) is 8.63. The number of hydrogen-bond donors (Lipinski definition) is 2. The van der Waals surface area contributed by atoms with Gasteiger partial charge in [-0.1, -0.05) is 0 Å². The third-order valence-electron chi connectivity index (χ3n) is 7.31. The summed E-state index contributed by atoms with van der Waals surface area (Å²) in [6.45, 7) is 3.04. The van der Waals surface area contributed by atoms with Gasteiger partial charge in [-0.25, -0.2) is 27.8 Å². The maximum absolute atomic E-state index is 13.5. The van der Waals surface area contributed by atoms with E-state index in [1.807, 2.05) is 0 Å². The van der Waals surface area contributed by atoms with E-state index in [1.165, 1.54) is 39.8 Å². The summed E-state index contributed by atoms with van der Waals surface area (Å²) in [6.07, 6.45) is -0.808. The molecule has 0 radical (unpaired) electrons. The van der Waals surface area contributed by atoms with E-state index < -0.39 is 27.8 Å². The average molecular weight is 707 g/mol. The first-order valence-electron chi connectivity index (χ1n) is 14.8. The molecule has 0 spiro atoms. The first kappa shape index (κ1) is 35.3. The minimum absolute atomic E-state index is 0.0271. The van der Waals surface area contributed by atoms with Crippen molar-refractivity contribution in [3.63, 3.8) is 0 Å². The van der Waals surface area contributed by atoms with Gasteiger partial charge in [0.1, 0.15) is 17.1 Å². The molecule has 262 valence electrons. The summed E-state index contributed by atoms with van der Waals surface area (Å²) in [5.74, 6) is -0.736. The van der Waals surface area contributed by atoms with Crippen LogP contribution in [0.25, 0.3) is 16.9 Å². The summed E-state index contributed by atoms with van der Waals surface area (Å²) in [4.78, 5) is 28.2. The SMILES string of the molecule is COc1cc(Nc2ncc(-c3cnc(OC)c(C(=O)NS(=O)(=O)CCCN4CCOCC4)c3)c(-n3ccc(C(F)(F)F)n3)n2)cc(OC)c1. The van der Waals surface area contributed by atoms with Crippen LogP contribution in [-0.4, -0.2) is 104 Å². The second-order valence-electron chi connectivity index (χ2n) is 10.6. The molecule has 4 aromatic rings. The van der Waals surface area contributed by atoms with Gasteiger partial charge in [0, 0.05) is 66.7 Å². The van der Waals surface area contributed by atoms with Gasteiger partial charge in [-0.3, -0.25) is 9.69 Å². The molecule has 5 rings (SSSR count). The second-order valence-corrected chi connectivity index (χ2v) is 12.5. The Morgan fingerprint density at radius 2 is 1.71 bits per heavy atom. The zero-order valence-corrected chi connectivity index (χ0v) is 27.5. The van der Waals surface area contributed by atoms with Crippen LogP contribution in [0.2, 0.25) is 0 Å².